The first kappa shape index (κ1) is 13.5. The molecular formula is C8H11Cl2N3O2S. The molecule has 0 radical (unpaired) electrons. The molecule has 1 N–H and O–H groups in total. The van der Waals surface area contributed by atoms with Crippen LogP contribution in [0.5, 0.6) is 0 Å². The van der Waals surface area contributed by atoms with Gasteiger partial charge in [-0.25, -0.2) is 13.4 Å². The number of hydrogen-bond donors (Lipinski definition) is 1. The standard InChI is InChI=1S/C8H11Cl2N3O2S/c1-5(4-16(2,14)15)12-7-6(9)3-11-8(10)13-7/h3,5H,4H2,1-2H3,(H,11,12,13). The maximum Gasteiger partial charge on any atom is 0.224 e. The van der Waals surface area contributed by atoms with Gasteiger partial charge in [-0.05, 0) is 18.5 Å². The van der Waals surface area contributed by atoms with Crippen molar-refractivity contribution in [1.82, 2.24) is 9.97 Å². The summed E-state index contributed by atoms with van der Waals surface area (Å²) >= 11 is 11.4. The van der Waals surface area contributed by atoms with Crippen molar-refractivity contribution in [3.63, 3.8) is 0 Å². The van der Waals surface area contributed by atoms with E-state index < -0.39 is 9.84 Å². The number of rotatable bonds is 4. The average molecular weight is 284 g/mol. The second-order valence-electron chi connectivity index (χ2n) is 3.47. The van der Waals surface area contributed by atoms with Gasteiger partial charge in [0.1, 0.15) is 20.7 Å². The minimum Gasteiger partial charge on any atom is -0.365 e. The highest BCUT2D eigenvalue weighted by Crippen LogP contribution is 2.20. The molecule has 0 aliphatic rings. The lowest BCUT2D eigenvalue weighted by Crippen LogP contribution is -2.25. The van der Waals surface area contributed by atoms with E-state index in [0.29, 0.717) is 10.8 Å². The first-order valence-corrected chi connectivity index (χ1v) is 7.22. The van der Waals surface area contributed by atoms with Crippen LogP contribution in [0.3, 0.4) is 0 Å². The topological polar surface area (TPSA) is 72.0 Å². The van der Waals surface area contributed by atoms with Gasteiger partial charge in [0.15, 0.2) is 0 Å². The second-order valence-corrected chi connectivity index (χ2v) is 6.40. The van der Waals surface area contributed by atoms with Gasteiger partial charge in [-0.3, -0.25) is 0 Å². The van der Waals surface area contributed by atoms with Gasteiger partial charge in [0.2, 0.25) is 5.28 Å². The first-order valence-electron chi connectivity index (χ1n) is 4.40. The van der Waals surface area contributed by atoms with Gasteiger partial charge in [-0.2, -0.15) is 4.98 Å². The van der Waals surface area contributed by atoms with E-state index in [-0.39, 0.29) is 17.1 Å². The van der Waals surface area contributed by atoms with Gasteiger partial charge in [-0.1, -0.05) is 11.6 Å². The Morgan fingerprint density at radius 3 is 2.69 bits per heavy atom. The van der Waals surface area contributed by atoms with Crippen LogP contribution in [0.15, 0.2) is 6.20 Å². The van der Waals surface area contributed by atoms with E-state index >= 15 is 0 Å². The summed E-state index contributed by atoms with van der Waals surface area (Å²) in [7, 11) is -3.05. The molecule has 0 fully saturated rings. The lowest BCUT2D eigenvalue weighted by atomic mass is 10.4. The quantitative estimate of drug-likeness (QED) is 0.851. The van der Waals surface area contributed by atoms with Gasteiger partial charge in [0.05, 0.1) is 11.9 Å². The van der Waals surface area contributed by atoms with Crippen LogP contribution in [-0.4, -0.2) is 36.4 Å². The molecule has 0 spiro atoms. The predicted octanol–water partition coefficient (Wildman–Crippen LogP) is 1.63. The molecule has 0 amide bonds. The Bertz CT molecular complexity index is 478. The molecule has 1 unspecified atom stereocenters. The first-order chi connectivity index (χ1) is 7.28. The molecule has 1 atom stereocenters. The zero-order valence-electron chi connectivity index (χ0n) is 8.74. The summed E-state index contributed by atoms with van der Waals surface area (Å²) in [4.78, 5) is 7.54. The molecule has 0 aromatic carbocycles. The molecule has 5 nitrogen and oxygen atoms in total. The summed E-state index contributed by atoms with van der Waals surface area (Å²) in [5.74, 6) is 0.322. The summed E-state index contributed by atoms with van der Waals surface area (Å²) < 4.78 is 22.1. The predicted molar refractivity (Wildman–Crippen MR) is 64.8 cm³/mol. The molecule has 0 aliphatic heterocycles. The molecule has 1 aromatic heterocycles. The zero-order valence-corrected chi connectivity index (χ0v) is 11.1. The van der Waals surface area contributed by atoms with Crippen LogP contribution in [0.4, 0.5) is 5.82 Å². The number of nitrogens with one attached hydrogen (secondary N) is 1. The molecule has 0 bridgehead atoms. The highest BCUT2D eigenvalue weighted by atomic mass is 35.5. The molecule has 16 heavy (non-hydrogen) atoms. The maximum atomic E-state index is 11.1. The number of aromatic nitrogens is 2. The second kappa shape index (κ2) is 5.16. The van der Waals surface area contributed by atoms with E-state index in [1.54, 1.807) is 6.92 Å². The number of sulfone groups is 1. The van der Waals surface area contributed by atoms with Crippen molar-refractivity contribution in [3.05, 3.63) is 16.5 Å². The number of hydrogen-bond acceptors (Lipinski definition) is 5. The Labute approximate surface area is 104 Å². The third-order valence-corrected chi connectivity index (χ3v) is 3.21. The van der Waals surface area contributed by atoms with Crippen LogP contribution >= 0.6 is 23.2 Å². The van der Waals surface area contributed by atoms with E-state index in [4.69, 9.17) is 23.2 Å². The van der Waals surface area contributed by atoms with Crippen molar-refractivity contribution in [1.29, 1.82) is 0 Å². The molecule has 0 saturated carbocycles. The summed E-state index contributed by atoms with van der Waals surface area (Å²) in [5.41, 5.74) is 0. The highest BCUT2D eigenvalue weighted by molar-refractivity contribution is 7.90. The number of anilines is 1. The fraction of sp³-hybridized carbons (Fsp3) is 0.500. The van der Waals surface area contributed by atoms with Crippen LogP contribution in [0.1, 0.15) is 6.92 Å². The van der Waals surface area contributed by atoms with Crippen LogP contribution in [0.25, 0.3) is 0 Å². The summed E-state index contributed by atoms with van der Waals surface area (Å²) in [6, 6.07) is -0.307. The van der Waals surface area contributed by atoms with E-state index in [9.17, 15) is 8.42 Å². The molecule has 1 heterocycles. The third-order valence-electron chi connectivity index (χ3n) is 1.65. The monoisotopic (exact) mass is 283 g/mol. The van der Waals surface area contributed by atoms with E-state index in [2.05, 4.69) is 15.3 Å². The SMILES string of the molecule is CC(CS(C)(=O)=O)Nc1nc(Cl)ncc1Cl. The Kier molecular flexibility index (Phi) is 4.35. The molecule has 1 aromatic rings. The Balaban J connectivity index is 2.77. The van der Waals surface area contributed by atoms with Crippen LogP contribution in [0, 0.1) is 0 Å². The van der Waals surface area contributed by atoms with Crippen molar-refractivity contribution >= 4 is 38.9 Å². The number of halogens is 2. The molecular weight excluding hydrogens is 273 g/mol. The van der Waals surface area contributed by atoms with Gasteiger partial charge in [0, 0.05) is 12.3 Å². The van der Waals surface area contributed by atoms with E-state index in [1.165, 1.54) is 12.5 Å². The van der Waals surface area contributed by atoms with Crippen molar-refractivity contribution in [2.75, 3.05) is 17.3 Å². The molecule has 1 rings (SSSR count). The Morgan fingerprint density at radius 2 is 2.12 bits per heavy atom. The van der Waals surface area contributed by atoms with Crippen molar-refractivity contribution in [2.45, 2.75) is 13.0 Å². The van der Waals surface area contributed by atoms with Crippen molar-refractivity contribution in [3.8, 4) is 0 Å². The van der Waals surface area contributed by atoms with E-state index in [0.717, 1.165) is 0 Å². The summed E-state index contributed by atoms with van der Waals surface area (Å²) in [6.45, 7) is 1.72. The van der Waals surface area contributed by atoms with Gasteiger partial charge in [0.25, 0.3) is 0 Å². The smallest absolute Gasteiger partial charge is 0.224 e. The lowest BCUT2D eigenvalue weighted by Gasteiger charge is -2.14. The molecule has 90 valence electrons. The highest BCUT2D eigenvalue weighted by Gasteiger charge is 2.13. The van der Waals surface area contributed by atoms with Crippen molar-refractivity contribution < 1.29 is 8.42 Å². The van der Waals surface area contributed by atoms with Crippen molar-refractivity contribution in [2.24, 2.45) is 0 Å². The normalized spacial score (nSPS) is 13.5. The fourth-order valence-corrected chi connectivity index (χ4v) is 2.45. The van der Waals surface area contributed by atoms with Gasteiger partial charge < -0.3 is 5.32 Å². The van der Waals surface area contributed by atoms with Gasteiger partial charge in [-0.15, -0.1) is 0 Å². The van der Waals surface area contributed by atoms with Crippen LogP contribution < -0.4 is 5.32 Å². The lowest BCUT2D eigenvalue weighted by molar-refractivity contribution is 0.598. The fourth-order valence-electron chi connectivity index (χ4n) is 1.18. The Morgan fingerprint density at radius 1 is 1.50 bits per heavy atom. The minimum absolute atomic E-state index is 0.00898. The molecule has 8 heteroatoms. The van der Waals surface area contributed by atoms with E-state index in [1.807, 2.05) is 0 Å². The van der Waals surface area contributed by atoms with Crippen LogP contribution in [-0.2, 0) is 9.84 Å². The average Bonchev–Trinajstić information content (AvgIpc) is 2.08. The number of nitrogens with zero attached hydrogens (tertiary/aromatic N) is 2. The minimum atomic E-state index is -3.05. The largest absolute Gasteiger partial charge is 0.365 e. The zero-order chi connectivity index (χ0) is 12.3. The van der Waals surface area contributed by atoms with Crippen LogP contribution in [0.2, 0.25) is 10.3 Å². The molecule has 0 saturated heterocycles. The molecule has 0 aliphatic carbocycles. The third kappa shape index (κ3) is 4.51. The summed E-state index contributed by atoms with van der Waals surface area (Å²) in [5, 5.41) is 3.21. The Hall–Kier alpha value is -0.590. The maximum absolute atomic E-state index is 11.1. The summed E-state index contributed by atoms with van der Waals surface area (Å²) in [6.07, 6.45) is 2.52. The van der Waals surface area contributed by atoms with Gasteiger partial charge >= 0.3 is 0 Å².